The summed E-state index contributed by atoms with van der Waals surface area (Å²) in [5.41, 5.74) is 0.556. The van der Waals surface area contributed by atoms with Gasteiger partial charge in [-0.25, -0.2) is 4.98 Å². The number of ether oxygens (including phenoxy) is 1. The van der Waals surface area contributed by atoms with Gasteiger partial charge in [-0.1, -0.05) is 11.8 Å². The van der Waals surface area contributed by atoms with E-state index >= 15 is 0 Å². The van der Waals surface area contributed by atoms with Crippen molar-refractivity contribution >= 4 is 29.0 Å². The van der Waals surface area contributed by atoms with Crippen molar-refractivity contribution in [3.05, 3.63) is 35.6 Å². The maximum atomic E-state index is 12.4. The zero-order chi connectivity index (χ0) is 15.4. The average molecular weight is 335 g/mol. The Labute approximate surface area is 137 Å². The molecule has 3 heterocycles. The van der Waals surface area contributed by atoms with Crippen molar-refractivity contribution in [3.8, 4) is 5.75 Å². The van der Waals surface area contributed by atoms with Gasteiger partial charge >= 0.3 is 0 Å². The molecule has 1 aliphatic heterocycles. The van der Waals surface area contributed by atoms with Gasteiger partial charge in [0.2, 0.25) is 0 Å². The van der Waals surface area contributed by atoms with Crippen molar-refractivity contribution < 1.29 is 9.53 Å². The van der Waals surface area contributed by atoms with Crippen molar-refractivity contribution in [2.45, 2.75) is 23.3 Å². The minimum Gasteiger partial charge on any atom is -0.489 e. The molecule has 116 valence electrons. The molecule has 0 aromatic carbocycles. The topological polar surface area (TPSA) is 55.3 Å². The molecular weight excluding hydrogens is 318 g/mol. The normalized spacial score (nSPS) is 15.8. The zero-order valence-electron chi connectivity index (χ0n) is 12.3. The van der Waals surface area contributed by atoms with Gasteiger partial charge in [0, 0.05) is 37.5 Å². The van der Waals surface area contributed by atoms with E-state index in [0.717, 1.165) is 22.9 Å². The van der Waals surface area contributed by atoms with Gasteiger partial charge in [-0.2, -0.15) is 0 Å². The molecule has 0 bridgehead atoms. The lowest BCUT2D eigenvalue weighted by Crippen LogP contribution is -2.41. The van der Waals surface area contributed by atoms with Gasteiger partial charge in [0.1, 0.15) is 21.9 Å². The van der Waals surface area contributed by atoms with Gasteiger partial charge < -0.3 is 9.64 Å². The Morgan fingerprint density at radius 3 is 2.91 bits per heavy atom. The first-order chi connectivity index (χ1) is 10.8. The number of aromatic nitrogens is 2. The molecule has 0 atom stereocenters. The number of thiazole rings is 1. The Kier molecular flexibility index (Phi) is 4.94. The van der Waals surface area contributed by atoms with Crippen LogP contribution in [0.15, 0.2) is 34.2 Å². The molecule has 0 aliphatic carbocycles. The van der Waals surface area contributed by atoms with Crippen LogP contribution in [0.4, 0.5) is 0 Å². The first kappa shape index (κ1) is 15.3. The summed E-state index contributed by atoms with van der Waals surface area (Å²) in [6.07, 6.45) is 7.22. The lowest BCUT2D eigenvalue weighted by Gasteiger charge is -2.31. The Bertz CT molecular complexity index is 625. The number of likely N-dealkylation sites (tertiary alicyclic amines) is 1. The number of piperidine rings is 1. The van der Waals surface area contributed by atoms with Crippen LogP contribution in [0.2, 0.25) is 0 Å². The number of carbonyl (C=O) groups excluding carboxylic acids is 1. The van der Waals surface area contributed by atoms with E-state index in [4.69, 9.17) is 4.74 Å². The van der Waals surface area contributed by atoms with Crippen LogP contribution in [0.3, 0.4) is 0 Å². The summed E-state index contributed by atoms with van der Waals surface area (Å²) >= 11 is 3.08. The molecule has 1 amide bonds. The second-order valence-electron chi connectivity index (χ2n) is 5.00. The van der Waals surface area contributed by atoms with Gasteiger partial charge in [0.25, 0.3) is 5.91 Å². The number of rotatable bonds is 4. The number of hydrogen-bond acceptors (Lipinski definition) is 6. The summed E-state index contributed by atoms with van der Waals surface area (Å²) in [6, 6.07) is 3.77. The van der Waals surface area contributed by atoms with E-state index in [1.807, 2.05) is 28.7 Å². The molecule has 3 rings (SSSR count). The molecule has 0 radical (unpaired) electrons. The fraction of sp³-hybridized carbons (Fsp3) is 0.400. The molecule has 1 fully saturated rings. The third kappa shape index (κ3) is 3.59. The third-order valence-corrected chi connectivity index (χ3v) is 5.41. The highest BCUT2D eigenvalue weighted by Crippen LogP contribution is 2.23. The van der Waals surface area contributed by atoms with E-state index in [-0.39, 0.29) is 12.0 Å². The van der Waals surface area contributed by atoms with Crippen LogP contribution in [-0.4, -0.2) is 46.2 Å². The Balaban J connectivity index is 1.54. The van der Waals surface area contributed by atoms with Gasteiger partial charge in [-0.3, -0.25) is 9.78 Å². The molecule has 2 aromatic heterocycles. The Morgan fingerprint density at radius 2 is 2.27 bits per heavy atom. The van der Waals surface area contributed by atoms with Crippen LogP contribution in [0.1, 0.15) is 23.3 Å². The van der Waals surface area contributed by atoms with E-state index in [0.29, 0.717) is 18.8 Å². The quantitative estimate of drug-likeness (QED) is 0.804. The summed E-state index contributed by atoms with van der Waals surface area (Å²) in [6.45, 7) is 1.41. The largest absolute Gasteiger partial charge is 0.489 e. The minimum atomic E-state index is 0.0244. The maximum absolute atomic E-state index is 12.4. The zero-order valence-corrected chi connectivity index (χ0v) is 13.9. The van der Waals surface area contributed by atoms with Crippen LogP contribution in [0, 0.1) is 0 Å². The van der Waals surface area contributed by atoms with Gasteiger partial charge in [0.05, 0.1) is 6.20 Å². The molecule has 0 spiro atoms. The summed E-state index contributed by atoms with van der Waals surface area (Å²) < 4.78 is 6.82. The molecule has 1 saturated heterocycles. The summed E-state index contributed by atoms with van der Waals surface area (Å²) in [5, 5.41) is 1.84. The molecule has 2 aromatic rings. The highest BCUT2D eigenvalue weighted by atomic mass is 32.2. The first-order valence-electron chi connectivity index (χ1n) is 7.12. The molecule has 0 unspecified atom stereocenters. The van der Waals surface area contributed by atoms with Crippen LogP contribution in [-0.2, 0) is 0 Å². The second kappa shape index (κ2) is 7.11. The molecule has 0 saturated carbocycles. The SMILES string of the molecule is CSc1nc(C(=O)N2CCC(Oc3cccnc3)CC2)cs1. The van der Waals surface area contributed by atoms with E-state index in [1.54, 1.807) is 24.2 Å². The lowest BCUT2D eigenvalue weighted by atomic mass is 10.1. The van der Waals surface area contributed by atoms with Crippen molar-refractivity contribution in [1.82, 2.24) is 14.9 Å². The summed E-state index contributed by atoms with van der Waals surface area (Å²) in [4.78, 5) is 22.7. The van der Waals surface area contributed by atoms with Gasteiger partial charge in [0.15, 0.2) is 0 Å². The van der Waals surface area contributed by atoms with Crippen LogP contribution in [0.25, 0.3) is 0 Å². The van der Waals surface area contributed by atoms with Crippen molar-refractivity contribution in [2.24, 2.45) is 0 Å². The summed E-state index contributed by atoms with van der Waals surface area (Å²) in [7, 11) is 0. The number of thioether (sulfide) groups is 1. The van der Waals surface area contributed by atoms with Crippen LogP contribution < -0.4 is 4.74 Å². The van der Waals surface area contributed by atoms with Crippen molar-refractivity contribution in [1.29, 1.82) is 0 Å². The summed E-state index contributed by atoms with van der Waals surface area (Å²) in [5.74, 6) is 0.813. The fourth-order valence-corrected chi connectivity index (χ4v) is 3.63. The molecule has 7 heteroatoms. The van der Waals surface area contributed by atoms with E-state index < -0.39 is 0 Å². The highest BCUT2D eigenvalue weighted by Gasteiger charge is 2.26. The molecule has 0 N–H and O–H groups in total. The Morgan fingerprint density at radius 1 is 1.45 bits per heavy atom. The maximum Gasteiger partial charge on any atom is 0.273 e. The fourth-order valence-electron chi connectivity index (χ4n) is 2.40. The van der Waals surface area contributed by atoms with Crippen LogP contribution >= 0.6 is 23.1 Å². The predicted molar refractivity (Wildman–Crippen MR) is 87.7 cm³/mol. The predicted octanol–water partition coefficient (Wildman–Crippen LogP) is 2.94. The molecular formula is C15H17N3O2S2. The second-order valence-corrected chi connectivity index (χ2v) is 6.91. The molecule has 22 heavy (non-hydrogen) atoms. The Hall–Kier alpha value is -1.60. The van der Waals surface area contributed by atoms with Gasteiger partial charge in [-0.15, -0.1) is 11.3 Å². The van der Waals surface area contributed by atoms with Crippen molar-refractivity contribution in [3.63, 3.8) is 0 Å². The average Bonchev–Trinajstić information content (AvgIpc) is 3.05. The highest BCUT2D eigenvalue weighted by molar-refractivity contribution is 8.00. The van der Waals surface area contributed by atoms with E-state index in [2.05, 4.69) is 9.97 Å². The monoisotopic (exact) mass is 335 g/mol. The van der Waals surface area contributed by atoms with E-state index in [9.17, 15) is 4.79 Å². The standard InChI is InChI=1S/C15H17N3O2S2/c1-21-15-17-13(10-22-15)14(19)18-7-4-11(5-8-18)20-12-3-2-6-16-9-12/h2-3,6,9-11H,4-5,7-8H2,1H3. The molecule has 1 aliphatic rings. The number of hydrogen-bond donors (Lipinski definition) is 0. The number of nitrogens with zero attached hydrogens (tertiary/aromatic N) is 3. The first-order valence-corrected chi connectivity index (χ1v) is 9.22. The number of pyridine rings is 1. The number of carbonyl (C=O) groups is 1. The molecule has 5 nitrogen and oxygen atoms in total. The van der Waals surface area contributed by atoms with E-state index in [1.165, 1.54) is 11.3 Å². The smallest absolute Gasteiger partial charge is 0.273 e. The van der Waals surface area contributed by atoms with Gasteiger partial charge in [-0.05, 0) is 18.4 Å². The minimum absolute atomic E-state index is 0.0244. The third-order valence-electron chi connectivity index (χ3n) is 3.54. The van der Waals surface area contributed by atoms with Crippen LogP contribution in [0.5, 0.6) is 5.75 Å². The lowest BCUT2D eigenvalue weighted by molar-refractivity contribution is 0.0590. The number of amides is 1. The van der Waals surface area contributed by atoms with Crippen molar-refractivity contribution in [2.75, 3.05) is 19.3 Å².